The minimum Gasteiger partial charge on any atom is -0.0782 e. The average Bonchev–Trinajstić information content (AvgIpc) is 2.17. The van der Waals surface area contributed by atoms with Gasteiger partial charge in [-0.25, -0.2) is 0 Å². The van der Waals surface area contributed by atoms with E-state index in [1.54, 1.807) is 11.1 Å². The number of rotatable bonds is 5. The Kier molecular flexibility index (Phi) is 5.00. The summed E-state index contributed by atoms with van der Waals surface area (Å²) < 4.78 is 0. The molecule has 0 spiro atoms. The number of unbranched alkanes of at least 4 members (excludes halogenated alkanes) is 2. The minimum atomic E-state index is 0.770. The quantitative estimate of drug-likeness (QED) is 0.545. The summed E-state index contributed by atoms with van der Waals surface area (Å²) in [4.78, 5) is 0. The second-order valence-electron chi connectivity index (χ2n) is 4.54. The molecule has 0 saturated heterocycles. The SMILES string of the molecule is CCCCCC1=CC(CC)=CC(C)C1. The van der Waals surface area contributed by atoms with Gasteiger partial charge in [0.2, 0.25) is 0 Å². The van der Waals surface area contributed by atoms with Gasteiger partial charge in [-0.1, -0.05) is 56.9 Å². The lowest BCUT2D eigenvalue weighted by Gasteiger charge is -2.18. The summed E-state index contributed by atoms with van der Waals surface area (Å²) in [5.41, 5.74) is 3.24. The topological polar surface area (TPSA) is 0 Å². The highest BCUT2D eigenvalue weighted by molar-refractivity contribution is 5.28. The first-order chi connectivity index (χ1) is 6.76. The zero-order valence-electron chi connectivity index (χ0n) is 9.97. The van der Waals surface area contributed by atoms with E-state index >= 15 is 0 Å². The van der Waals surface area contributed by atoms with Gasteiger partial charge in [-0.15, -0.1) is 0 Å². The van der Waals surface area contributed by atoms with Gasteiger partial charge in [0.1, 0.15) is 0 Å². The number of allylic oxidation sites excluding steroid dienone is 4. The van der Waals surface area contributed by atoms with Crippen molar-refractivity contribution in [2.45, 2.75) is 59.3 Å². The van der Waals surface area contributed by atoms with Gasteiger partial charge >= 0.3 is 0 Å². The Morgan fingerprint density at radius 2 is 2.07 bits per heavy atom. The summed E-state index contributed by atoms with van der Waals surface area (Å²) in [7, 11) is 0. The molecular weight excluding hydrogens is 168 g/mol. The van der Waals surface area contributed by atoms with Crippen molar-refractivity contribution in [2.75, 3.05) is 0 Å². The van der Waals surface area contributed by atoms with E-state index in [1.807, 2.05) is 0 Å². The summed E-state index contributed by atoms with van der Waals surface area (Å²) in [6.07, 6.45) is 12.8. The maximum atomic E-state index is 2.44. The van der Waals surface area contributed by atoms with Crippen LogP contribution in [0.4, 0.5) is 0 Å². The zero-order chi connectivity index (χ0) is 10.4. The second kappa shape index (κ2) is 6.06. The Labute approximate surface area is 89.1 Å². The standard InChI is InChI=1S/C14H24/c1-4-6-7-8-14-10-12(3)9-13(5-2)11-14/h9,11-12H,4-8,10H2,1-3H3. The summed E-state index contributed by atoms with van der Waals surface area (Å²) in [6.45, 7) is 6.86. The summed E-state index contributed by atoms with van der Waals surface area (Å²) in [5.74, 6) is 0.770. The van der Waals surface area contributed by atoms with E-state index in [0.29, 0.717) is 0 Å². The molecule has 0 nitrogen and oxygen atoms in total. The van der Waals surface area contributed by atoms with Gasteiger partial charge in [-0.05, 0) is 31.6 Å². The van der Waals surface area contributed by atoms with Crippen LogP contribution < -0.4 is 0 Å². The van der Waals surface area contributed by atoms with Crippen molar-refractivity contribution in [3.05, 3.63) is 23.3 Å². The average molecular weight is 192 g/mol. The van der Waals surface area contributed by atoms with E-state index in [4.69, 9.17) is 0 Å². The number of hydrogen-bond acceptors (Lipinski definition) is 0. The third-order valence-corrected chi connectivity index (χ3v) is 2.98. The van der Waals surface area contributed by atoms with Crippen LogP contribution in [-0.2, 0) is 0 Å². The smallest absolute Gasteiger partial charge is 0.0219 e. The monoisotopic (exact) mass is 192 g/mol. The van der Waals surface area contributed by atoms with Crippen LogP contribution in [0.25, 0.3) is 0 Å². The highest BCUT2D eigenvalue weighted by Gasteiger charge is 2.09. The highest BCUT2D eigenvalue weighted by Crippen LogP contribution is 2.27. The normalized spacial score (nSPS) is 21.8. The molecule has 0 aromatic rings. The summed E-state index contributed by atoms with van der Waals surface area (Å²) in [5, 5.41) is 0. The van der Waals surface area contributed by atoms with Crippen LogP contribution in [-0.4, -0.2) is 0 Å². The lowest BCUT2D eigenvalue weighted by Crippen LogP contribution is -2.01. The van der Waals surface area contributed by atoms with Crippen LogP contribution in [0.1, 0.15) is 59.3 Å². The molecule has 0 N–H and O–H groups in total. The van der Waals surface area contributed by atoms with Crippen molar-refractivity contribution < 1.29 is 0 Å². The Hall–Kier alpha value is -0.520. The Morgan fingerprint density at radius 3 is 2.71 bits per heavy atom. The minimum absolute atomic E-state index is 0.770. The van der Waals surface area contributed by atoms with E-state index in [2.05, 4.69) is 32.9 Å². The van der Waals surface area contributed by atoms with Crippen LogP contribution in [0.5, 0.6) is 0 Å². The molecule has 1 aliphatic rings. The third kappa shape index (κ3) is 3.69. The first-order valence-corrected chi connectivity index (χ1v) is 6.16. The van der Waals surface area contributed by atoms with Gasteiger partial charge in [-0.3, -0.25) is 0 Å². The van der Waals surface area contributed by atoms with Gasteiger partial charge in [0, 0.05) is 0 Å². The summed E-state index contributed by atoms with van der Waals surface area (Å²) in [6, 6.07) is 0. The third-order valence-electron chi connectivity index (χ3n) is 2.98. The predicted molar refractivity (Wildman–Crippen MR) is 64.4 cm³/mol. The highest BCUT2D eigenvalue weighted by atomic mass is 14.2. The van der Waals surface area contributed by atoms with Crippen molar-refractivity contribution in [2.24, 2.45) is 5.92 Å². The van der Waals surface area contributed by atoms with Crippen molar-refractivity contribution in [1.29, 1.82) is 0 Å². The molecule has 14 heavy (non-hydrogen) atoms. The molecule has 1 unspecified atom stereocenters. The lowest BCUT2D eigenvalue weighted by atomic mass is 9.88. The van der Waals surface area contributed by atoms with Gasteiger partial charge in [-0.2, -0.15) is 0 Å². The van der Waals surface area contributed by atoms with Crippen molar-refractivity contribution >= 4 is 0 Å². The first-order valence-electron chi connectivity index (χ1n) is 6.16. The maximum absolute atomic E-state index is 2.44. The fourth-order valence-electron chi connectivity index (χ4n) is 2.20. The molecule has 1 atom stereocenters. The lowest BCUT2D eigenvalue weighted by molar-refractivity contribution is 0.635. The fraction of sp³-hybridized carbons (Fsp3) is 0.714. The van der Waals surface area contributed by atoms with Gasteiger partial charge in [0.05, 0.1) is 0 Å². The van der Waals surface area contributed by atoms with Crippen molar-refractivity contribution in [3.8, 4) is 0 Å². The molecule has 0 fully saturated rings. The molecule has 0 heteroatoms. The molecule has 0 amide bonds. The maximum Gasteiger partial charge on any atom is -0.0219 e. The molecule has 0 saturated carbocycles. The molecule has 0 aromatic carbocycles. The van der Waals surface area contributed by atoms with Crippen molar-refractivity contribution in [3.63, 3.8) is 0 Å². The van der Waals surface area contributed by atoms with Gasteiger partial charge in [0.15, 0.2) is 0 Å². The first kappa shape index (κ1) is 11.6. The molecule has 0 bridgehead atoms. The molecule has 0 aromatic heterocycles. The molecule has 1 rings (SSSR count). The van der Waals surface area contributed by atoms with Gasteiger partial charge in [0.25, 0.3) is 0 Å². The molecule has 1 aliphatic carbocycles. The molecule has 0 radical (unpaired) electrons. The van der Waals surface area contributed by atoms with E-state index < -0.39 is 0 Å². The Morgan fingerprint density at radius 1 is 1.29 bits per heavy atom. The van der Waals surface area contributed by atoms with Crippen LogP contribution in [0.15, 0.2) is 23.3 Å². The van der Waals surface area contributed by atoms with Crippen LogP contribution in [0, 0.1) is 5.92 Å². The second-order valence-corrected chi connectivity index (χ2v) is 4.54. The van der Waals surface area contributed by atoms with Crippen molar-refractivity contribution in [1.82, 2.24) is 0 Å². The largest absolute Gasteiger partial charge is 0.0782 e. The Balaban J connectivity index is 2.44. The van der Waals surface area contributed by atoms with E-state index in [-0.39, 0.29) is 0 Å². The fourth-order valence-corrected chi connectivity index (χ4v) is 2.20. The molecular formula is C14H24. The zero-order valence-corrected chi connectivity index (χ0v) is 9.97. The van der Waals surface area contributed by atoms with Crippen LogP contribution in [0.3, 0.4) is 0 Å². The molecule has 0 aliphatic heterocycles. The number of hydrogen-bond donors (Lipinski definition) is 0. The van der Waals surface area contributed by atoms with Crippen LogP contribution in [0.2, 0.25) is 0 Å². The van der Waals surface area contributed by atoms with Gasteiger partial charge < -0.3 is 0 Å². The van der Waals surface area contributed by atoms with Crippen LogP contribution >= 0.6 is 0 Å². The van der Waals surface area contributed by atoms with E-state index in [9.17, 15) is 0 Å². The predicted octanol–water partition coefficient (Wildman–Crippen LogP) is 4.87. The summed E-state index contributed by atoms with van der Waals surface area (Å²) >= 11 is 0. The molecule has 80 valence electrons. The molecule has 0 heterocycles. The van der Waals surface area contributed by atoms with E-state index in [1.165, 1.54) is 38.5 Å². The van der Waals surface area contributed by atoms with E-state index in [0.717, 1.165) is 5.92 Å². The Bertz CT molecular complexity index is 220.